The van der Waals surface area contributed by atoms with Gasteiger partial charge in [-0.05, 0) is 53.6 Å². The van der Waals surface area contributed by atoms with Crippen LogP contribution in [0.15, 0.2) is 115 Å². The minimum absolute atomic E-state index is 0.148. The van der Waals surface area contributed by atoms with Gasteiger partial charge in [0.05, 0.1) is 5.92 Å². The van der Waals surface area contributed by atoms with Crippen molar-refractivity contribution < 1.29 is 24.2 Å². The Kier molecular flexibility index (Phi) is 11.3. The smallest absolute Gasteiger partial charge is 0.407 e. The molecule has 43 heavy (non-hydrogen) atoms. The number of ether oxygens (including phenoxy) is 1. The average molecular weight is 580 g/mol. The van der Waals surface area contributed by atoms with Gasteiger partial charge in [0.1, 0.15) is 18.4 Å². The highest BCUT2D eigenvalue weighted by atomic mass is 16.5. The number of carbonyl (C=O) groups is 3. The first kappa shape index (κ1) is 30.8. The van der Waals surface area contributed by atoms with Crippen molar-refractivity contribution in [1.82, 2.24) is 10.2 Å². The molecule has 0 unspecified atom stereocenters. The highest BCUT2D eigenvalue weighted by Crippen LogP contribution is 2.28. The quantitative estimate of drug-likeness (QED) is 0.178. The lowest BCUT2D eigenvalue weighted by Gasteiger charge is -2.33. The van der Waals surface area contributed by atoms with Gasteiger partial charge in [-0.15, -0.1) is 0 Å². The second-order valence-electron chi connectivity index (χ2n) is 10.3. The molecular weight excluding hydrogens is 542 g/mol. The highest BCUT2D eigenvalue weighted by Gasteiger charge is 2.34. The Balaban J connectivity index is 1.50. The number of carbonyl (C=O) groups excluding carboxylic acids is 3. The molecule has 0 spiro atoms. The summed E-state index contributed by atoms with van der Waals surface area (Å²) in [5, 5.41) is 12.4. The van der Waals surface area contributed by atoms with Gasteiger partial charge < -0.3 is 25.8 Å². The molecule has 0 aromatic heterocycles. The van der Waals surface area contributed by atoms with E-state index in [1.807, 2.05) is 91.0 Å². The molecule has 0 radical (unpaired) electrons. The molecule has 8 nitrogen and oxygen atoms in total. The number of nitrogens with one attached hydrogen (secondary N) is 1. The van der Waals surface area contributed by atoms with E-state index in [1.54, 1.807) is 29.2 Å². The Hall–Kier alpha value is -5.11. The van der Waals surface area contributed by atoms with Gasteiger partial charge in [0.2, 0.25) is 11.8 Å². The summed E-state index contributed by atoms with van der Waals surface area (Å²) in [6.45, 7) is 0.634. The van der Waals surface area contributed by atoms with Crippen LogP contribution in [0.3, 0.4) is 0 Å². The van der Waals surface area contributed by atoms with Crippen molar-refractivity contribution in [2.75, 3.05) is 13.1 Å². The summed E-state index contributed by atoms with van der Waals surface area (Å²) in [7, 11) is 0. The number of primary amides is 1. The standard InChI is InChI=1S/C35H37N3O5/c36-33(40)31(17-10-23-37-35(42)43-25-27-11-4-1-5-12-27)38(24-22-26-18-20-30(39)21-19-26)34(41)32(28-13-6-2-7-14-28)29-15-8-3-9-16-29/h1-9,11-16,18-21,31-32,39H,10,17,22-25H2,(H2,36,40)(H,37,42)/t31-/m1/s1. The molecule has 4 aromatic carbocycles. The van der Waals surface area contributed by atoms with Crippen LogP contribution >= 0.6 is 0 Å². The number of nitrogens with zero attached hydrogens (tertiary/aromatic N) is 1. The zero-order valence-corrected chi connectivity index (χ0v) is 24.0. The maximum atomic E-state index is 14.4. The first-order chi connectivity index (χ1) is 20.9. The molecule has 8 heteroatoms. The first-order valence-corrected chi connectivity index (χ1v) is 14.3. The fourth-order valence-corrected chi connectivity index (χ4v) is 4.98. The molecule has 0 heterocycles. The van der Waals surface area contributed by atoms with Gasteiger partial charge in [-0.2, -0.15) is 0 Å². The fraction of sp³-hybridized carbons (Fsp3) is 0.229. The molecule has 0 aliphatic carbocycles. The molecule has 0 bridgehead atoms. The van der Waals surface area contributed by atoms with E-state index < -0.39 is 24.0 Å². The third-order valence-corrected chi connectivity index (χ3v) is 7.21. The van der Waals surface area contributed by atoms with E-state index in [0.29, 0.717) is 12.8 Å². The highest BCUT2D eigenvalue weighted by molar-refractivity contribution is 5.92. The van der Waals surface area contributed by atoms with Crippen LogP contribution in [0, 0.1) is 0 Å². The number of hydrogen-bond donors (Lipinski definition) is 3. The Morgan fingerprint density at radius 3 is 1.88 bits per heavy atom. The molecule has 3 amide bonds. The van der Waals surface area contributed by atoms with E-state index >= 15 is 0 Å². The fourth-order valence-electron chi connectivity index (χ4n) is 4.98. The van der Waals surface area contributed by atoms with E-state index in [1.165, 1.54) is 0 Å². The van der Waals surface area contributed by atoms with Crippen molar-refractivity contribution in [2.24, 2.45) is 5.73 Å². The molecule has 1 atom stereocenters. The molecule has 0 saturated carbocycles. The van der Waals surface area contributed by atoms with Crippen molar-refractivity contribution in [2.45, 2.75) is 37.8 Å². The average Bonchev–Trinajstić information content (AvgIpc) is 3.03. The van der Waals surface area contributed by atoms with Gasteiger partial charge in [-0.3, -0.25) is 9.59 Å². The number of phenols is 1. The number of benzene rings is 4. The number of hydrogen-bond acceptors (Lipinski definition) is 5. The second kappa shape index (κ2) is 15.8. The number of amides is 3. The van der Waals surface area contributed by atoms with E-state index in [4.69, 9.17) is 10.5 Å². The van der Waals surface area contributed by atoms with E-state index in [-0.39, 0.29) is 37.8 Å². The maximum Gasteiger partial charge on any atom is 0.407 e. The third kappa shape index (κ3) is 9.19. The van der Waals surface area contributed by atoms with Crippen LogP contribution in [0.5, 0.6) is 5.75 Å². The zero-order valence-electron chi connectivity index (χ0n) is 24.0. The molecule has 4 aromatic rings. The summed E-state index contributed by atoms with van der Waals surface area (Å²) in [6, 6.07) is 34.1. The Morgan fingerprint density at radius 1 is 0.767 bits per heavy atom. The molecular formula is C35H37N3O5. The molecule has 222 valence electrons. The van der Waals surface area contributed by atoms with Gasteiger partial charge in [0.25, 0.3) is 0 Å². The lowest BCUT2D eigenvalue weighted by molar-refractivity contribution is -0.140. The van der Waals surface area contributed by atoms with Crippen LogP contribution < -0.4 is 11.1 Å². The van der Waals surface area contributed by atoms with Crippen molar-refractivity contribution in [3.05, 3.63) is 138 Å². The van der Waals surface area contributed by atoms with Crippen LogP contribution in [-0.2, 0) is 27.4 Å². The third-order valence-electron chi connectivity index (χ3n) is 7.21. The van der Waals surface area contributed by atoms with Crippen molar-refractivity contribution >= 4 is 17.9 Å². The SMILES string of the molecule is NC(=O)[C@@H](CCCNC(=O)OCc1ccccc1)N(CCc1ccc(O)cc1)C(=O)C(c1ccccc1)c1ccccc1. The Morgan fingerprint density at radius 2 is 1.33 bits per heavy atom. The number of rotatable bonds is 14. The Bertz CT molecular complexity index is 1410. The second-order valence-corrected chi connectivity index (χ2v) is 10.3. The number of aromatic hydroxyl groups is 1. The molecule has 4 rings (SSSR count). The van der Waals surface area contributed by atoms with Crippen LogP contribution in [0.1, 0.15) is 41.0 Å². The Labute approximate surface area is 252 Å². The van der Waals surface area contributed by atoms with Gasteiger partial charge in [0, 0.05) is 13.1 Å². The van der Waals surface area contributed by atoms with E-state index in [0.717, 1.165) is 22.3 Å². The lowest BCUT2D eigenvalue weighted by Crippen LogP contribution is -2.50. The minimum atomic E-state index is -0.901. The van der Waals surface area contributed by atoms with E-state index in [2.05, 4.69) is 5.32 Å². The summed E-state index contributed by atoms with van der Waals surface area (Å²) < 4.78 is 5.27. The molecule has 4 N–H and O–H groups in total. The van der Waals surface area contributed by atoms with Gasteiger partial charge >= 0.3 is 6.09 Å². The van der Waals surface area contributed by atoms with Crippen molar-refractivity contribution in [1.29, 1.82) is 0 Å². The summed E-state index contributed by atoms with van der Waals surface area (Å²) >= 11 is 0. The number of alkyl carbamates (subject to hydrolysis) is 1. The number of phenolic OH excluding ortho intramolecular Hbond substituents is 1. The van der Waals surface area contributed by atoms with Crippen LogP contribution in [0.2, 0.25) is 0 Å². The van der Waals surface area contributed by atoms with Crippen molar-refractivity contribution in [3.63, 3.8) is 0 Å². The largest absolute Gasteiger partial charge is 0.508 e. The van der Waals surface area contributed by atoms with Gasteiger partial charge in [-0.1, -0.05) is 103 Å². The van der Waals surface area contributed by atoms with Crippen LogP contribution in [0.25, 0.3) is 0 Å². The van der Waals surface area contributed by atoms with Crippen LogP contribution in [0.4, 0.5) is 4.79 Å². The zero-order chi connectivity index (χ0) is 30.4. The maximum absolute atomic E-state index is 14.4. The van der Waals surface area contributed by atoms with Gasteiger partial charge in [0.15, 0.2) is 0 Å². The van der Waals surface area contributed by atoms with Gasteiger partial charge in [-0.25, -0.2) is 4.79 Å². The number of nitrogens with two attached hydrogens (primary N) is 1. The molecule has 0 fully saturated rings. The summed E-state index contributed by atoms with van der Waals surface area (Å²) in [6.07, 6.45) is 0.549. The summed E-state index contributed by atoms with van der Waals surface area (Å²) in [4.78, 5) is 41.1. The lowest BCUT2D eigenvalue weighted by atomic mass is 9.89. The summed E-state index contributed by atoms with van der Waals surface area (Å²) in [5.74, 6) is -1.36. The normalized spacial score (nSPS) is 11.5. The van der Waals surface area contributed by atoms with Crippen LogP contribution in [-0.4, -0.2) is 47.0 Å². The molecule has 0 saturated heterocycles. The predicted octanol–water partition coefficient (Wildman–Crippen LogP) is 5.16. The topological polar surface area (TPSA) is 122 Å². The van der Waals surface area contributed by atoms with Crippen molar-refractivity contribution in [3.8, 4) is 5.75 Å². The minimum Gasteiger partial charge on any atom is -0.508 e. The summed E-state index contributed by atoms with van der Waals surface area (Å²) in [5.41, 5.74) is 9.30. The predicted molar refractivity (Wildman–Crippen MR) is 165 cm³/mol. The first-order valence-electron chi connectivity index (χ1n) is 14.3. The van der Waals surface area contributed by atoms with E-state index in [9.17, 15) is 19.5 Å². The monoisotopic (exact) mass is 579 g/mol. The molecule has 0 aliphatic rings. The molecule has 0 aliphatic heterocycles.